The molecule has 0 radical (unpaired) electrons. The monoisotopic (exact) mass is 158 g/mol. The Balaban J connectivity index is 3.93. The van der Waals surface area contributed by atoms with Gasteiger partial charge in [0.15, 0.2) is 0 Å². The highest BCUT2D eigenvalue weighted by atomic mass is 35.5. The van der Waals surface area contributed by atoms with Crippen molar-refractivity contribution in [1.82, 2.24) is 0 Å². The molecule has 0 spiro atoms. The molecular formula is C8H11ClO. The normalized spacial score (nSPS) is 10.8. The topological polar surface area (TPSA) is 9.23 Å². The molecule has 0 aromatic rings. The smallest absolute Gasteiger partial charge is 0.130 e. The molecule has 0 aromatic carbocycles. The maximum atomic E-state index is 5.68. The first-order valence-corrected chi connectivity index (χ1v) is 3.40. The van der Waals surface area contributed by atoms with Gasteiger partial charge in [-0.15, -0.1) is 0 Å². The maximum absolute atomic E-state index is 5.68. The van der Waals surface area contributed by atoms with Gasteiger partial charge in [0.05, 0.1) is 11.6 Å². The highest BCUT2D eigenvalue weighted by Crippen LogP contribution is 2.13. The van der Waals surface area contributed by atoms with Crippen molar-refractivity contribution in [3.63, 3.8) is 0 Å². The van der Waals surface area contributed by atoms with Crippen LogP contribution in [0.25, 0.3) is 0 Å². The van der Waals surface area contributed by atoms with Crippen molar-refractivity contribution in [2.24, 2.45) is 0 Å². The zero-order valence-corrected chi connectivity index (χ0v) is 6.82. The molecule has 10 heavy (non-hydrogen) atoms. The number of allylic oxidation sites excluding steroid dienone is 3. The van der Waals surface area contributed by atoms with E-state index < -0.39 is 0 Å². The van der Waals surface area contributed by atoms with E-state index in [4.69, 9.17) is 16.3 Å². The van der Waals surface area contributed by atoms with Crippen LogP contribution in [-0.4, -0.2) is 6.61 Å². The molecule has 1 nitrogen and oxygen atoms in total. The molecule has 0 amide bonds. The Hall–Kier alpha value is -0.690. The van der Waals surface area contributed by atoms with Crippen LogP contribution in [0.2, 0.25) is 0 Å². The largest absolute Gasteiger partial charge is 0.493 e. The van der Waals surface area contributed by atoms with Crippen LogP contribution >= 0.6 is 11.6 Å². The average Bonchev–Trinajstić information content (AvgIpc) is 1.89. The molecule has 56 valence electrons. The SMILES string of the molecule is C=C/C=C(/Cl)C(=C)OCC. The van der Waals surface area contributed by atoms with Gasteiger partial charge in [-0.2, -0.15) is 0 Å². The van der Waals surface area contributed by atoms with E-state index >= 15 is 0 Å². The second-order valence-corrected chi connectivity index (χ2v) is 2.01. The molecule has 0 saturated heterocycles. The third-order valence-corrected chi connectivity index (χ3v) is 1.19. The van der Waals surface area contributed by atoms with Crippen LogP contribution in [0.5, 0.6) is 0 Å². The fourth-order valence-electron chi connectivity index (χ4n) is 0.440. The van der Waals surface area contributed by atoms with E-state index in [1.165, 1.54) is 0 Å². The summed E-state index contributed by atoms with van der Waals surface area (Å²) >= 11 is 5.68. The Bertz CT molecular complexity index is 159. The summed E-state index contributed by atoms with van der Waals surface area (Å²) in [5.74, 6) is 0.490. The molecule has 0 bridgehead atoms. The van der Waals surface area contributed by atoms with E-state index in [-0.39, 0.29) is 0 Å². The summed E-state index contributed by atoms with van der Waals surface area (Å²) in [6.45, 7) is 9.54. The molecule has 0 heterocycles. The molecule has 0 saturated carbocycles. The number of ether oxygens (including phenoxy) is 1. The predicted octanol–water partition coefficient (Wildman–Crippen LogP) is 2.85. The molecule has 0 N–H and O–H groups in total. The van der Waals surface area contributed by atoms with Crippen LogP contribution < -0.4 is 0 Å². The minimum absolute atomic E-state index is 0.490. The van der Waals surface area contributed by atoms with Crippen molar-refractivity contribution in [3.8, 4) is 0 Å². The first-order valence-electron chi connectivity index (χ1n) is 3.02. The lowest BCUT2D eigenvalue weighted by molar-refractivity contribution is 0.242. The van der Waals surface area contributed by atoms with Crippen LogP contribution in [-0.2, 0) is 4.74 Å². The number of hydrogen-bond acceptors (Lipinski definition) is 1. The van der Waals surface area contributed by atoms with Crippen molar-refractivity contribution < 1.29 is 4.74 Å². The van der Waals surface area contributed by atoms with Crippen molar-refractivity contribution in [2.75, 3.05) is 6.61 Å². The van der Waals surface area contributed by atoms with E-state index in [2.05, 4.69) is 13.2 Å². The van der Waals surface area contributed by atoms with Crippen molar-refractivity contribution in [2.45, 2.75) is 6.92 Å². The maximum Gasteiger partial charge on any atom is 0.130 e. The molecular weight excluding hydrogens is 148 g/mol. The van der Waals surface area contributed by atoms with E-state index in [1.807, 2.05) is 6.92 Å². The molecule has 0 aliphatic carbocycles. The highest BCUT2D eigenvalue weighted by Gasteiger charge is 1.95. The van der Waals surface area contributed by atoms with Gasteiger partial charge in [0, 0.05) is 0 Å². The van der Waals surface area contributed by atoms with Gasteiger partial charge in [-0.05, 0) is 13.0 Å². The number of halogens is 1. The standard InChI is InChI=1S/C8H11ClO/c1-4-6-8(9)7(3)10-5-2/h4,6H,1,3,5H2,2H3/b8-6+. The van der Waals surface area contributed by atoms with Gasteiger partial charge in [-0.25, -0.2) is 0 Å². The Morgan fingerprint density at radius 2 is 2.30 bits per heavy atom. The Labute approximate surface area is 66.6 Å². The average molecular weight is 159 g/mol. The molecule has 0 aromatic heterocycles. The summed E-state index contributed by atoms with van der Waals surface area (Å²) < 4.78 is 5.01. The molecule has 0 rings (SSSR count). The van der Waals surface area contributed by atoms with Crippen molar-refractivity contribution in [1.29, 1.82) is 0 Å². The molecule has 0 fully saturated rings. The first-order chi connectivity index (χ1) is 4.72. The minimum Gasteiger partial charge on any atom is -0.493 e. The lowest BCUT2D eigenvalue weighted by Gasteiger charge is -2.03. The third-order valence-electron chi connectivity index (χ3n) is 0.849. The fraction of sp³-hybridized carbons (Fsp3) is 0.250. The van der Waals surface area contributed by atoms with E-state index in [0.717, 1.165) is 0 Å². The molecule has 0 atom stereocenters. The van der Waals surface area contributed by atoms with E-state index in [0.29, 0.717) is 17.4 Å². The molecule has 0 aliphatic rings. The minimum atomic E-state index is 0.490. The molecule has 0 unspecified atom stereocenters. The van der Waals surface area contributed by atoms with Crippen LogP contribution in [0.1, 0.15) is 6.92 Å². The van der Waals surface area contributed by atoms with Gasteiger partial charge >= 0.3 is 0 Å². The van der Waals surface area contributed by atoms with Crippen LogP contribution in [0.15, 0.2) is 36.1 Å². The Kier molecular flexibility index (Phi) is 4.77. The Morgan fingerprint density at radius 1 is 1.70 bits per heavy atom. The number of rotatable bonds is 4. The van der Waals surface area contributed by atoms with Gasteiger partial charge in [0.2, 0.25) is 0 Å². The first kappa shape index (κ1) is 9.31. The van der Waals surface area contributed by atoms with Crippen LogP contribution in [0, 0.1) is 0 Å². The van der Waals surface area contributed by atoms with Gasteiger partial charge in [-0.3, -0.25) is 0 Å². The lowest BCUT2D eigenvalue weighted by Crippen LogP contribution is -1.88. The van der Waals surface area contributed by atoms with Gasteiger partial charge in [0.25, 0.3) is 0 Å². The zero-order valence-electron chi connectivity index (χ0n) is 6.06. The number of hydrogen-bond donors (Lipinski definition) is 0. The van der Waals surface area contributed by atoms with E-state index in [1.54, 1.807) is 12.2 Å². The van der Waals surface area contributed by atoms with Crippen LogP contribution in [0.4, 0.5) is 0 Å². The second kappa shape index (κ2) is 5.12. The summed E-state index contributed by atoms with van der Waals surface area (Å²) in [7, 11) is 0. The second-order valence-electron chi connectivity index (χ2n) is 1.61. The van der Waals surface area contributed by atoms with Crippen molar-refractivity contribution in [3.05, 3.63) is 36.1 Å². The fourth-order valence-corrected chi connectivity index (χ4v) is 0.583. The third kappa shape index (κ3) is 3.36. The predicted molar refractivity (Wildman–Crippen MR) is 44.9 cm³/mol. The molecule has 0 aliphatic heterocycles. The van der Waals surface area contributed by atoms with Gasteiger partial charge in [-0.1, -0.05) is 30.8 Å². The van der Waals surface area contributed by atoms with Crippen molar-refractivity contribution >= 4 is 11.6 Å². The zero-order chi connectivity index (χ0) is 7.98. The summed E-state index contributed by atoms with van der Waals surface area (Å²) in [5, 5.41) is 0.497. The lowest BCUT2D eigenvalue weighted by atomic mass is 10.4. The quantitative estimate of drug-likeness (QED) is 0.452. The van der Waals surface area contributed by atoms with E-state index in [9.17, 15) is 0 Å². The van der Waals surface area contributed by atoms with Gasteiger partial charge in [0.1, 0.15) is 5.76 Å². The highest BCUT2D eigenvalue weighted by molar-refractivity contribution is 6.31. The summed E-state index contributed by atoms with van der Waals surface area (Å²) in [4.78, 5) is 0. The van der Waals surface area contributed by atoms with Crippen LogP contribution in [0.3, 0.4) is 0 Å². The van der Waals surface area contributed by atoms with Gasteiger partial charge < -0.3 is 4.74 Å². The summed E-state index contributed by atoms with van der Waals surface area (Å²) in [6.07, 6.45) is 3.23. The molecule has 2 heteroatoms. The Morgan fingerprint density at radius 3 is 2.70 bits per heavy atom. The summed E-state index contributed by atoms with van der Waals surface area (Å²) in [5.41, 5.74) is 0. The summed E-state index contributed by atoms with van der Waals surface area (Å²) in [6, 6.07) is 0.